The summed E-state index contributed by atoms with van der Waals surface area (Å²) >= 11 is 1.48. The van der Waals surface area contributed by atoms with Crippen LogP contribution in [0.3, 0.4) is 0 Å². The van der Waals surface area contributed by atoms with Gasteiger partial charge in [-0.25, -0.2) is 0 Å². The Bertz CT molecular complexity index is 515. The fourth-order valence-electron chi connectivity index (χ4n) is 2.43. The smallest absolute Gasteiger partial charge is 0.394 e. The Labute approximate surface area is 123 Å². The van der Waals surface area contributed by atoms with E-state index in [0.717, 1.165) is 10.5 Å². The van der Waals surface area contributed by atoms with E-state index in [1.165, 1.54) is 11.3 Å². The van der Waals surface area contributed by atoms with Crippen molar-refractivity contribution in [1.29, 1.82) is 0 Å². The first-order valence-corrected chi connectivity index (χ1v) is 7.31. The number of nitrogens with zero attached hydrogens (tertiary/aromatic N) is 1. The highest BCUT2D eigenvalue weighted by Crippen LogP contribution is 2.37. The number of carbonyl (C=O) groups excluding carboxylic acids is 1. The molecule has 1 saturated heterocycles. The van der Waals surface area contributed by atoms with Gasteiger partial charge in [0.2, 0.25) is 5.91 Å². The van der Waals surface area contributed by atoms with Crippen LogP contribution >= 0.6 is 11.3 Å². The number of rotatable bonds is 4. The Hall–Kier alpha value is -1.57. The van der Waals surface area contributed by atoms with Gasteiger partial charge in [-0.1, -0.05) is 0 Å². The van der Waals surface area contributed by atoms with Gasteiger partial charge in [-0.05, 0) is 28.8 Å². The van der Waals surface area contributed by atoms with Gasteiger partial charge in [-0.3, -0.25) is 9.59 Å². The lowest BCUT2D eigenvalue weighted by molar-refractivity contribution is -0.188. The molecule has 1 fully saturated rings. The minimum Gasteiger partial charge on any atom is -0.481 e. The van der Waals surface area contributed by atoms with Crippen LogP contribution in [0.4, 0.5) is 13.2 Å². The predicted octanol–water partition coefficient (Wildman–Crippen LogP) is 2.40. The molecular weight excluding hydrogens is 307 g/mol. The standard InChI is InChI=1S/C13H14F3NO3S/c14-13(15,16)10-6-17(5-9(10)12(19)20)11(18)2-1-8-3-4-21-7-8/h3-4,7,9-10H,1-2,5-6H2,(H,19,20)/t9-,10-/m1/s1. The van der Waals surface area contributed by atoms with Gasteiger partial charge < -0.3 is 10.0 Å². The van der Waals surface area contributed by atoms with Crippen LogP contribution in [-0.2, 0) is 16.0 Å². The van der Waals surface area contributed by atoms with Crippen molar-refractivity contribution in [2.75, 3.05) is 13.1 Å². The van der Waals surface area contributed by atoms with Crippen LogP contribution in [0.15, 0.2) is 16.8 Å². The van der Waals surface area contributed by atoms with Crippen LogP contribution < -0.4 is 0 Å². The van der Waals surface area contributed by atoms with Gasteiger partial charge in [0, 0.05) is 19.5 Å². The topological polar surface area (TPSA) is 57.6 Å². The number of amides is 1. The maximum Gasteiger partial charge on any atom is 0.394 e. The molecule has 0 unspecified atom stereocenters. The molecule has 1 aromatic heterocycles. The van der Waals surface area contributed by atoms with Crippen LogP contribution in [0.2, 0.25) is 0 Å². The van der Waals surface area contributed by atoms with Crippen molar-refractivity contribution in [2.24, 2.45) is 11.8 Å². The fourth-order valence-corrected chi connectivity index (χ4v) is 3.14. The molecule has 116 valence electrons. The van der Waals surface area contributed by atoms with E-state index in [4.69, 9.17) is 5.11 Å². The average molecular weight is 321 g/mol. The number of aryl methyl sites for hydroxylation is 1. The molecule has 8 heteroatoms. The quantitative estimate of drug-likeness (QED) is 0.926. The van der Waals surface area contributed by atoms with Crippen LogP contribution in [0, 0.1) is 11.8 Å². The summed E-state index contributed by atoms with van der Waals surface area (Å²) in [5.41, 5.74) is 0.953. The van der Waals surface area contributed by atoms with Crippen molar-refractivity contribution in [3.63, 3.8) is 0 Å². The molecule has 0 aliphatic carbocycles. The van der Waals surface area contributed by atoms with E-state index in [-0.39, 0.29) is 13.0 Å². The van der Waals surface area contributed by atoms with Crippen LogP contribution in [0.1, 0.15) is 12.0 Å². The molecule has 0 bridgehead atoms. The summed E-state index contributed by atoms with van der Waals surface area (Å²) in [5, 5.41) is 12.6. The first-order chi connectivity index (χ1) is 9.79. The number of thiophene rings is 1. The monoisotopic (exact) mass is 321 g/mol. The second-order valence-corrected chi connectivity index (χ2v) is 5.80. The molecule has 1 aromatic rings. The zero-order valence-corrected chi connectivity index (χ0v) is 11.8. The molecule has 2 heterocycles. The molecule has 1 amide bonds. The molecule has 1 aliphatic heterocycles. The fraction of sp³-hybridized carbons (Fsp3) is 0.538. The van der Waals surface area contributed by atoms with Gasteiger partial charge in [0.05, 0.1) is 11.8 Å². The van der Waals surface area contributed by atoms with Crippen molar-refractivity contribution in [1.82, 2.24) is 4.90 Å². The Morgan fingerprint density at radius 2 is 2.10 bits per heavy atom. The van der Waals surface area contributed by atoms with Crippen molar-refractivity contribution in [3.05, 3.63) is 22.4 Å². The minimum atomic E-state index is -4.61. The Morgan fingerprint density at radius 1 is 1.38 bits per heavy atom. The number of carboxylic acids is 1. The van der Waals surface area contributed by atoms with E-state index < -0.39 is 36.4 Å². The highest BCUT2D eigenvalue weighted by atomic mass is 32.1. The highest BCUT2D eigenvalue weighted by molar-refractivity contribution is 7.07. The SMILES string of the molecule is O=C(O)[C@@H]1CN(C(=O)CCc2ccsc2)C[C@H]1C(F)(F)F. The zero-order chi connectivity index (χ0) is 15.6. The Kier molecular flexibility index (Phi) is 4.55. The summed E-state index contributed by atoms with van der Waals surface area (Å²) in [5.74, 6) is -5.50. The molecule has 21 heavy (non-hydrogen) atoms. The molecule has 0 saturated carbocycles. The molecule has 2 atom stereocenters. The number of aliphatic carboxylic acids is 1. The number of carboxylic acid groups (broad SMARTS) is 1. The summed E-state index contributed by atoms with van der Waals surface area (Å²) in [6.07, 6.45) is -4.06. The molecule has 1 N–H and O–H groups in total. The van der Waals surface area contributed by atoms with Crippen molar-refractivity contribution < 1.29 is 27.9 Å². The van der Waals surface area contributed by atoms with Gasteiger partial charge in [0.1, 0.15) is 0 Å². The van der Waals surface area contributed by atoms with Gasteiger partial charge >= 0.3 is 12.1 Å². The van der Waals surface area contributed by atoms with Gasteiger partial charge in [-0.2, -0.15) is 24.5 Å². The molecule has 1 aliphatic rings. The van der Waals surface area contributed by atoms with Crippen LogP contribution in [0.5, 0.6) is 0 Å². The summed E-state index contributed by atoms with van der Waals surface area (Å²) in [6.45, 7) is -0.940. The van der Waals surface area contributed by atoms with Gasteiger partial charge in [-0.15, -0.1) is 0 Å². The highest BCUT2D eigenvalue weighted by Gasteiger charge is 2.53. The Morgan fingerprint density at radius 3 is 2.57 bits per heavy atom. The maximum atomic E-state index is 12.8. The third-order valence-electron chi connectivity index (χ3n) is 3.62. The van der Waals surface area contributed by atoms with Crippen LogP contribution in [-0.4, -0.2) is 41.1 Å². The first kappa shape index (κ1) is 15.8. The second kappa shape index (κ2) is 6.05. The van der Waals surface area contributed by atoms with E-state index in [9.17, 15) is 22.8 Å². The lowest BCUT2D eigenvalue weighted by atomic mass is 9.96. The van der Waals surface area contributed by atoms with Gasteiger partial charge in [0.25, 0.3) is 0 Å². The zero-order valence-electron chi connectivity index (χ0n) is 11.0. The third kappa shape index (κ3) is 3.75. The number of hydrogen-bond donors (Lipinski definition) is 1. The minimum absolute atomic E-state index is 0.0909. The molecule has 0 radical (unpaired) electrons. The maximum absolute atomic E-state index is 12.8. The van der Waals surface area contributed by atoms with E-state index in [0.29, 0.717) is 6.42 Å². The van der Waals surface area contributed by atoms with Crippen molar-refractivity contribution >= 4 is 23.2 Å². The summed E-state index contributed by atoms with van der Waals surface area (Å²) in [7, 11) is 0. The van der Waals surface area contributed by atoms with E-state index >= 15 is 0 Å². The molecule has 4 nitrogen and oxygen atoms in total. The number of carbonyl (C=O) groups is 2. The van der Waals surface area contributed by atoms with E-state index in [1.54, 1.807) is 0 Å². The number of likely N-dealkylation sites (tertiary alicyclic amines) is 1. The molecule has 0 aromatic carbocycles. The van der Waals surface area contributed by atoms with Gasteiger partial charge in [0.15, 0.2) is 0 Å². The number of alkyl halides is 3. The summed E-state index contributed by atoms with van der Waals surface area (Å²) < 4.78 is 38.5. The third-order valence-corrected chi connectivity index (χ3v) is 4.35. The lowest BCUT2D eigenvalue weighted by Crippen LogP contribution is -2.34. The Balaban J connectivity index is 1.98. The number of halogens is 3. The summed E-state index contributed by atoms with van der Waals surface area (Å²) in [4.78, 5) is 23.9. The van der Waals surface area contributed by atoms with E-state index in [2.05, 4.69) is 0 Å². The predicted molar refractivity (Wildman–Crippen MR) is 69.9 cm³/mol. The first-order valence-electron chi connectivity index (χ1n) is 6.37. The van der Waals surface area contributed by atoms with Crippen LogP contribution in [0.25, 0.3) is 0 Å². The number of hydrogen-bond acceptors (Lipinski definition) is 3. The van der Waals surface area contributed by atoms with Crippen molar-refractivity contribution in [3.8, 4) is 0 Å². The largest absolute Gasteiger partial charge is 0.481 e. The summed E-state index contributed by atoms with van der Waals surface area (Å²) in [6, 6.07) is 1.85. The van der Waals surface area contributed by atoms with E-state index in [1.807, 2.05) is 16.8 Å². The second-order valence-electron chi connectivity index (χ2n) is 5.02. The average Bonchev–Trinajstić information content (AvgIpc) is 3.04. The van der Waals surface area contributed by atoms with Crippen molar-refractivity contribution in [2.45, 2.75) is 19.0 Å². The molecule has 0 spiro atoms. The normalized spacial score (nSPS) is 22.5. The molecule has 2 rings (SSSR count). The lowest BCUT2D eigenvalue weighted by Gasteiger charge is -2.18. The molecular formula is C13H14F3NO3S.